The topological polar surface area (TPSA) is 117 Å². The minimum absolute atomic E-state index is 0.0671. The Morgan fingerprint density at radius 3 is 2.58 bits per heavy atom. The maximum atomic E-state index is 13.3. The lowest BCUT2D eigenvalue weighted by Gasteiger charge is -2.15. The van der Waals surface area contributed by atoms with Crippen molar-refractivity contribution >= 4 is 16.9 Å². The number of hydrogen-bond donors (Lipinski definition) is 3. The van der Waals surface area contributed by atoms with Crippen molar-refractivity contribution in [3.05, 3.63) is 99.5 Å². The molecule has 0 spiro atoms. The molecule has 33 heavy (non-hydrogen) atoms. The smallest absolute Gasteiger partial charge is 0.268 e. The van der Waals surface area contributed by atoms with E-state index in [1.165, 1.54) is 16.7 Å². The molecule has 0 saturated carbocycles. The number of halogens is 1. The van der Waals surface area contributed by atoms with Crippen molar-refractivity contribution in [1.82, 2.24) is 19.9 Å². The fourth-order valence-electron chi connectivity index (χ4n) is 3.58. The largest absolute Gasteiger partial charge is 0.505 e. The van der Waals surface area contributed by atoms with Gasteiger partial charge in [-0.15, -0.1) is 0 Å². The number of nitrogens with zero attached hydrogens (tertiary/aromatic N) is 3. The molecule has 0 saturated heterocycles. The molecule has 3 heterocycles. The normalized spacial score (nSPS) is 11.0. The van der Waals surface area contributed by atoms with Crippen LogP contribution in [0.4, 0.5) is 4.39 Å². The zero-order chi connectivity index (χ0) is 23.4. The van der Waals surface area contributed by atoms with E-state index in [1.807, 2.05) is 0 Å². The Balaban J connectivity index is 1.86. The molecule has 1 aromatic carbocycles. The molecule has 0 fully saturated rings. The lowest BCUT2D eigenvalue weighted by Crippen LogP contribution is -2.35. The Morgan fingerprint density at radius 2 is 1.88 bits per heavy atom. The maximum Gasteiger partial charge on any atom is 0.268 e. The molecule has 0 radical (unpaired) electrons. The van der Waals surface area contributed by atoms with Gasteiger partial charge in [0.05, 0.1) is 18.7 Å². The van der Waals surface area contributed by atoms with Crippen LogP contribution in [0.15, 0.2) is 65.8 Å². The zero-order valence-corrected chi connectivity index (χ0v) is 17.5. The van der Waals surface area contributed by atoms with E-state index in [0.29, 0.717) is 11.9 Å². The summed E-state index contributed by atoms with van der Waals surface area (Å²) in [4.78, 5) is 34.3. The number of aliphatic hydroxyl groups is 1. The molecule has 8 nitrogen and oxygen atoms in total. The number of carbonyl (C=O) groups excluding carboxylic acids is 1. The second-order valence-corrected chi connectivity index (χ2v) is 7.47. The number of carbonyl (C=O) groups is 1. The summed E-state index contributed by atoms with van der Waals surface area (Å²) in [5.74, 6) is -1.66. The Hall–Kier alpha value is -4.11. The molecule has 3 N–H and O–H groups in total. The molecule has 0 unspecified atom stereocenters. The number of amides is 1. The van der Waals surface area contributed by atoms with Gasteiger partial charge in [0.25, 0.3) is 11.5 Å². The molecule has 0 bridgehead atoms. The van der Waals surface area contributed by atoms with Crippen LogP contribution < -0.4 is 10.9 Å². The monoisotopic (exact) mass is 448 g/mol. The lowest BCUT2D eigenvalue weighted by molar-refractivity contribution is 0.0940. The van der Waals surface area contributed by atoms with E-state index in [4.69, 9.17) is 5.11 Å². The van der Waals surface area contributed by atoms with Crippen LogP contribution >= 0.6 is 0 Å². The Bertz CT molecular complexity index is 1360. The predicted molar refractivity (Wildman–Crippen MR) is 120 cm³/mol. The second kappa shape index (κ2) is 9.58. The number of aromatic hydroxyl groups is 1. The van der Waals surface area contributed by atoms with E-state index >= 15 is 0 Å². The molecule has 168 valence electrons. The van der Waals surface area contributed by atoms with E-state index in [0.717, 1.165) is 16.7 Å². The van der Waals surface area contributed by atoms with Gasteiger partial charge in [-0.1, -0.05) is 18.2 Å². The average molecular weight is 448 g/mol. The summed E-state index contributed by atoms with van der Waals surface area (Å²) in [5.41, 5.74) is 1.61. The van der Waals surface area contributed by atoms with Gasteiger partial charge in [0.2, 0.25) is 0 Å². The summed E-state index contributed by atoms with van der Waals surface area (Å²) in [5, 5.41) is 22.1. The van der Waals surface area contributed by atoms with Crippen molar-refractivity contribution < 1.29 is 19.4 Å². The predicted octanol–water partition coefficient (Wildman–Crippen LogP) is 2.00. The quantitative estimate of drug-likeness (QED) is 0.398. The Labute approximate surface area is 188 Å². The van der Waals surface area contributed by atoms with E-state index < -0.39 is 22.8 Å². The molecule has 0 aliphatic rings. The SMILES string of the molecule is O=C(NCCO)c1c(O)c2ncc(Cc3ccc(F)cc3)cc2n(Cc2cccnc2)c1=O. The number of hydrogen-bond acceptors (Lipinski definition) is 6. The third kappa shape index (κ3) is 4.73. The Morgan fingerprint density at radius 1 is 1.09 bits per heavy atom. The minimum Gasteiger partial charge on any atom is -0.505 e. The van der Waals surface area contributed by atoms with Crippen LogP contribution in [0.5, 0.6) is 5.75 Å². The van der Waals surface area contributed by atoms with Crippen molar-refractivity contribution in [3.63, 3.8) is 0 Å². The number of aliphatic hydroxyl groups excluding tert-OH is 1. The van der Waals surface area contributed by atoms with Gasteiger partial charge < -0.3 is 20.1 Å². The van der Waals surface area contributed by atoms with Gasteiger partial charge >= 0.3 is 0 Å². The highest BCUT2D eigenvalue weighted by Crippen LogP contribution is 2.26. The van der Waals surface area contributed by atoms with E-state index in [9.17, 15) is 19.1 Å². The number of pyridine rings is 3. The van der Waals surface area contributed by atoms with E-state index in [1.54, 1.807) is 48.9 Å². The number of aromatic nitrogens is 3. The molecule has 0 atom stereocenters. The van der Waals surface area contributed by atoms with Gasteiger partial charge in [-0.3, -0.25) is 19.6 Å². The fraction of sp³-hybridized carbons (Fsp3) is 0.167. The molecule has 0 aliphatic carbocycles. The molecule has 1 amide bonds. The first kappa shape index (κ1) is 22.1. The number of fused-ring (bicyclic) bond motifs is 1. The van der Waals surface area contributed by atoms with Gasteiger partial charge in [-0.05, 0) is 47.4 Å². The van der Waals surface area contributed by atoms with E-state index in [-0.39, 0.29) is 31.0 Å². The van der Waals surface area contributed by atoms with Crippen molar-refractivity contribution in [2.75, 3.05) is 13.2 Å². The number of rotatable bonds is 7. The standard InChI is InChI=1S/C24H21FN4O4/c25-18-5-3-15(4-6-18)10-17-11-19-21(28-13-17)22(31)20(23(32)27-8-9-30)24(33)29(19)14-16-2-1-7-26-12-16/h1-7,11-13,30-31H,8-10,14H2,(H,27,32). The van der Waals surface area contributed by atoms with Crippen LogP contribution in [-0.2, 0) is 13.0 Å². The first-order chi connectivity index (χ1) is 16.0. The summed E-state index contributed by atoms with van der Waals surface area (Å²) in [6.45, 7) is -0.275. The van der Waals surface area contributed by atoms with Crippen molar-refractivity contribution in [1.29, 1.82) is 0 Å². The van der Waals surface area contributed by atoms with Crippen molar-refractivity contribution in [2.24, 2.45) is 0 Å². The van der Waals surface area contributed by atoms with Gasteiger partial charge in [0, 0.05) is 25.1 Å². The van der Waals surface area contributed by atoms with Crippen LogP contribution in [0.2, 0.25) is 0 Å². The first-order valence-corrected chi connectivity index (χ1v) is 10.2. The fourth-order valence-corrected chi connectivity index (χ4v) is 3.58. The number of benzene rings is 1. The molecule has 4 aromatic rings. The second-order valence-electron chi connectivity index (χ2n) is 7.47. The molecular formula is C24H21FN4O4. The molecule has 9 heteroatoms. The molecule has 0 aliphatic heterocycles. The van der Waals surface area contributed by atoms with Gasteiger partial charge in [0.15, 0.2) is 5.75 Å². The van der Waals surface area contributed by atoms with Crippen LogP contribution in [0.3, 0.4) is 0 Å². The van der Waals surface area contributed by atoms with Gasteiger partial charge in [-0.2, -0.15) is 0 Å². The molecular weight excluding hydrogens is 427 g/mol. The third-order valence-corrected chi connectivity index (χ3v) is 5.14. The molecule has 4 rings (SSSR count). The maximum absolute atomic E-state index is 13.3. The summed E-state index contributed by atoms with van der Waals surface area (Å²) >= 11 is 0. The van der Waals surface area contributed by atoms with Gasteiger partial charge in [0.1, 0.15) is 16.9 Å². The highest BCUT2D eigenvalue weighted by molar-refractivity contribution is 6.01. The summed E-state index contributed by atoms with van der Waals surface area (Å²) in [7, 11) is 0. The highest BCUT2D eigenvalue weighted by Gasteiger charge is 2.23. The summed E-state index contributed by atoms with van der Waals surface area (Å²) in [6, 6.07) is 11.3. The number of nitrogens with one attached hydrogen (secondary N) is 1. The van der Waals surface area contributed by atoms with Crippen LogP contribution in [-0.4, -0.2) is 43.8 Å². The van der Waals surface area contributed by atoms with Crippen molar-refractivity contribution in [2.45, 2.75) is 13.0 Å². The van der Waals surface area contributed by atoms with Crippen LogP contribution in [0, 0.1) is 5.82 Å². The zero-order valence-electron chi connectivity index (χ0n) is 17.5. The lowest BCUT2D eigenvalue weighted by atomic mass is 10.0. The Kier molecular flexibility index (Phi) is 6.41. The van der Waals surface area contributed by atoms with Crippen LogP contribution in [0.25, 0.3) is 11.0 Å². The van der Waals surface area contributed by atoms with E-state index in [2.05, 4.69) is 15.3 Å². The molecule has 3 aromatic heterocycles. The summed E-state index contributed by atoms with van der Waals surface area (Å²) in [6.07, 6.45) is 5.19. The van der Waals surface area contributed by atoms with Crippen molar-refractivity contribution in [3.8, 4) is 5.75 Å². The first-order valence-electron chi connectivity index (χ1n) is 10.2. The van der Waals surface area contributed by atoms with Crippen LogP contribution in [0.1, 0.15) is 27.0 Å². The average Bonchev–Trinajstić information content (AvgIpc) is 2.82. The highest BCUT2D eigenvalue weighted by atomic mass is 19.1. The summed E-state index contributed by atoms with van der Waals surface area (Å²) < 4.78 is 14.6. The minimum atomic E-state index is -0.800. The third-order valence-electron chi connectivity index (χ3n) is 5.14. The van der Waals surface area contributed by atoms with Gasteiger partial charge in [-0.25, -0.2) is 4.39 Å².